The lowest BCUT2D eigenvalue weighted by atomic mass is 10.0. The Morgan fingerprint density at radius 1 is 1.39 bits per heavy atom. The molecule has 4 nitrogen and oxygen atoms in total. The van der Waals surface area contributed by atoms with Crippen molar-refractivity contribution < 1.29 is 4.79 Å². The third kappa shape index (κ3) is 2.63. The first-order valence-electron chi connectivity index (χ1n) is 6.66. The molecule has 0 spiro atoms. The van der Waals surface area contributed by atoms with Gasteiger partial charge < -0.3 is 10.2 Å². The monoisotopic (exact) mass is 247 g/mol. The molecule has 1 aliphatic carbocycles. The van der Waals surface area contributed by atoms with E-state index in [1.54, 1.807) is 4.90 Å². The Morgan fingerprint density at radius 2 is 2.11 bits per heavy atom. The van der Waals surface area contributed by atoms with Gasteiger partial charge in [0.1, 0.15) is 0 Å². The average Bonchev–Trinajstić information content (AvgIpc) is 3.20. The van der Waals surface area contributed by atoms with Gasteiger partial charge in [0.05, 0.1) is 0 Å². The van der Waals surface area contributed by atoms with Gasteiger partial charge in [0, 0.05) is 36.9 Å². The van der Waals surface area contributed by atoms with Crippen LogP contribution in [0.5, 0.6) is 0 Å². The first-order chi connectivity index (χ1) is 8.72. The number of rotatable bonds is 5. The van der Waals surface area contributed by atoms with Crippen molar-refractivity contribution >= 4 is 6.03 Å². The van der Waals surface area contributed by atoms with Crippen LogP contribution in [0.25, 0.3) is 0 Å². The van der Waals surface area contributed by atoms with Crippen molar-refractivity contribution in [3.05, 3.63) is 30.1 Å². The molecule has 0 bridgehead atoms. The molecular formula is C14H21N3O. The Bertz CT molecular complexity index is 397. The van der Waals surface area contributed by atoms with Crippen LogP contribution in [-0.4, -0.2) is 35.5 Å². The number of carbonyl (C=O) groups excluding carboxylic acids is 1. The molecule has 2 rings (SSSR count). The zero-order valence-electron chi connectivity index (χ0n) is 11.1. The predicted molar refractivity (Wildman–Crippen MR) is 71.5 cm³/mol. The fraction of sp³-hybridized carbons (Fsp3) is 0.571. The molecule has 2 amide bonds. The molecule has 1 fully saturated rings. The minimum Gasteiger partial charge on any atom is -0.337 e. The van der Waals surface area contributed by atoms with Crippen LogP contribution in [0.3, 0.4) is 0 Å². The quantitative estimate of drug-likeness (QED) is 0.866. The van der Waals surface area contributed by atoms with Gasteiger partial charge in [-0.25, -0.2) is 4.79 Å². The summed E-state index contributed by atoms with van der Waals surface area (Å²) in [5, 5.41) is 3.03. The van der Waals surface area contributed by atoms with Crippen LogP contribution < -0.4 is 5.32 Å². The van der Waals surface area contributed by atoms with Crippen molar-refractivity contribution in [1.82, 2.24) is 15.2 Å². The number of aromatic nitrogens is 1. The lowest BCUT2D eigenvalue weighted by molar-refractivity contribution is 0.202. The highest BCUT2D eigenvalue weighted by atomic mass is 16.2. The number of amides is 2. The van der Waals surface area contributed by atoms with Gasteiger partial charge in [-0.3, -0.25) is 4.98 Å². The van der Waals surface area contributed by atoms with Crippen LogP contribution in [0, 0.1) is 0 Å². The van der Waals surface area contributed by atoms with Gasteiger partial charge in [0.2, 0.25) is 0 Å². The van der Waals surface area contributed by atoms with Crippen LogP contribution >= 0.6 is 0 Å². The first-order valence-corrected chi connectivity index (χ1v) is 6.66. The summed E-state index contributed by atoms with van der Waals surface area (Å²) in [5.74, 6) is 0. The third-order valence-corrected chi connectivity index (χ3v) is 3.69. The van der Waals surface area contributed by atoms with E-state index in [1.165, 1.54) is 0 Å². The van der Waals surface area contributed by atoms with Gasteiger partial charge in [0.15, 0.2) is 0 Å². The summed E-state index contributed by atoms with van der Waals surface area (Å²) < 4.78 is 0. The van der Waals surface area contributed by atoms with Crippen LogP contribution in [0.4, 0.5) is 4.79 Å². The molecule has 1 N–H and O–H groups in total. The van der Waals surface area contributed by atoms with E-state index in [0.29, 0.717) is 6.54 Å². The Morgan fingerprint density at radius 3 is 2.61 bits per heavy atom. The fourth-order valence-electron chi connectivity index (χ4n) is 2.22. The van der Waals surface area contributed by atoms with Crippen LogP contribution in [0.15, 0.2) is 24.4 Å². The molecule has 0 aliphatic heterocycles. The molecular weight excluding hydrogens is 226 g/mol. The number of nitrogens with one attached hydrogen (secondary N) is 1. The molecule has 1 heterocycles. The number of carbonyl (C=O) groups is 1. The molecule has 1 aromatic heterocycles. The van der Waals surface area contributed by atoms with Crippen molar-refractivity contribution in [2.24, 2.45) is 0 Å². The summed E-state index contributed by atoms with van der Waals surface area (Å²) in [6.45, 7) is 6.18. The summed E-state index contributed by atoms with van der Waals surface area (Å²) in [7, 11) is 0. The van der Waals surface area contributed by atoms with Crippen molar-refractivity contribution in [2.75, 3.05) is 19.6 Å². The van der Waals surface area contributed by atoms with Gasteiger partial charge in [-0.05, 0) is 38.8 Å². The molecule has 4 heteroatoms. The summed E-state index contributed by atoms with van der Waals surface area (Å²) in [6.07, 6.45) is 4.05. The Labute approximate surface area is 108 Å². The minimum absolute atomic E-state index is 0.0298. The molecule has 18 heavy (non-hydrogen) atoms. The maximum absolute atomic E-state index is 11.9. The zero-order chi connectivity index (χ0) is 13.0. The maximum atomic E-state index is 11.9. The number of urea groups is 1. The largest absolute Gasteiger partial charge is 0.337 e. The SMILES string of the molecule is CCN(CC)C(=O)NCC1(c2ccccn2)CC1. The van der Waals surface area contributed by atoms with Gasteiger partial charge in [0.25, 0.3) is 0 Å². The number of nitrogens with zero attached hydrogens (tertiary/aromatic N) is 2. The Hall–Kier alpha value is -1.58. The molecule has 1 saturated carbocycles. The van der Waals surface area contributed by atoms with E-state index >= 15 is 0 Å². The third-order valence-electron chi connectivity index (χ3n) is 3.69. The standard InChI is InChI=1S/C14H21N3O/c1-3-17(4-2)13(18)16-11-14(8-9-14)12-7-5-6-10-15-12/h5-7,10H,3-4,8-9,11H2,1-2H3,(H,16,18). The van der Waals surface area contributed by atoms with E-state index in [2.05, 4.69) is 16.4 Å². The molecule has 0 radical (unpaired) electrons. The molecule has 98 valence electrons. The molecule has 1 aromatic rings. The highest BCUT2D eigenvalue weighted by Crippen LogP contribution is 2.46. The van der Waals surface area contributed by atoms with E-state index in [-0.39, 0.29) is 11.4 Å². The first kappa shape index (κ1) is 12.9. The lowest BCUT2D eigenvalue weighted by Crippen LogP contribution is -2.42. The Balaban J connectivity index is 1.93. The molecule has 1 aliphatic rings. The summed E-state index contributed by atoms with van der Waals surface area (Å²) >= 11 is 0. The van der Waals surface area contributed by atoms with Gasteiger partial charge >= 0.3 is 6.03 Å². The maximum Gasteiger partial charge on any atom is 0.317 e. The van der Waals surface area contributed by atoms with Crippen molar-refractivity contribution in [1.29, 1.82) is 0 Å². The van der Waals surface area contributed by atoms with Crippen LogP contribution in [0.2, 0.25) is 0 Å². The Kier molecular flexibility index (Phi) is 3.84. The van der Waals surface area contributed by atoms with E-state index in [4.69, 9.17) is 0 Å². The summed E-state index contributed by atoms with van der Waals surface area (Å²) in [5.41, 5.74) is 1.19. The second-order valence-electron chi connectivity index (χ2n) is 4.83. The second kappa shape index (κ2) is 5.38. The zero-order valence-corrected chi connectivity index (χ0v) is 11.1. The molecule has 0 aromatic carbocycles. The van der Waals surface area contributed by atoms with Gasteiger partial charge in [-0.15, -0.1) is 0 Å². The highest BCUT2D eigenvalue weighted by Gasteiger charge is 2.45. The smallest absolute Gasteiger partial charge is 0.317 e. The topological polar surface area (TPSA) is 45.2 Å². The van der Waals surface area contributed by atoms with Gasteiger partial charge in [-0.1, -0.05) is 6.07 Å². The summed E-state index contributed by atoms with van der Waals surface area (Å²) in [6, 6.07) is 6.02. The summed E-state index contributed by atoms with van der Waals surface area (Å²) in [4.78, 5) is 18.1. The minimum atomic E-state index is 0.0298. The number of hydrogen-bond donors (Lipinski definition) is 1. The number of hydrogen-bond acceptors (Lipinski definition) is 2. The van der Waals surface area contributed by atoms with E-state index in [9.17, 15) is 4.79 Å². The average molecular weight is 247 g/mol. The van der Waals surface area contributed by atoms with E-state index in [1.807, 2.05) is 32.2 Å². The van der Waals surface area contributed by atoms with Crippen molar-refractivity contribution in [3.8, 4) is 0 Å². The van der Waals surface area contributed by atoms with Crippen LogP contribution in [-0.2, 0) is 5.41 Å². The van der Waals surface area contributed by atoms with E-state index in [0.717, 1.165) is 31.6 Å². The normalized spacial score (nSPS) is 16.1. The predicted octanol–water partition coefficient (Wildman–Crippen LogP) is 2.16. The highest BCUT2D eigenvalue weighted by molar-refractivity contribution is 5.74. The second-order valence-corrected chi connectivity index (χ2v) is 4.83. The molecule has 0 unspecified atom stereocenters. The number of pyridine rings is 1. The molecule has 0 atom stereocenters. The van der Waals surface area contributed by atoms with Crippen molar-refractivity contribution in [2.45, 2.75) is 32.1 Å². The van der Waals surface area contributed by atoms with E-state index < -0.39 is 0 Å². The lowest BCUT2D eigenvalue weighted by Gasteiger charge is -2.22. The van der Waals surface area contributed by atoms with Gasteiger partial charge in [-0.2, -0.15) is 0 Å². The van der Waals surface area contributed by atoms with Crippen LogP contribution in [0.1, 0.15) is 32.4 Å². The van der Waals surface area contributed by atoms with Crippen molar-refractivity contribution in [3.63, 3.8) is 0 Å². The fourth-order valence-corrected chi connectivity index (χ4v) is 2.22. The molecule has 0 saturated heterocycles.